The molecule has 0 radical (unpaired) electrons. The molecule has 0 aliphatic carbocycles. The normalized spacial score (nSPS) is 12.4. The molecule has 1 atom stereocenters. The molecule has 0 fully saturated rings. The number of hydrogen-bond acceptors (Lipinski definition) is 4. The number of pyridine rings is 1. The van der Waals surface area contributed by atoms with Crippen molar-refractivity contribution in [1.82, 2.24) is 4.98 Å². The first kappa shape index (κ1) is 12.6. The maximum atomic E-state index is 10.7. The van der Waals surface area contributed by atoms with Crippen LogP contribution in [0.25, 0.3) is 0 Å². The van der Waals surface area contributed by atoms with E-state index >= 15 is 0 Å². The summed E-state index contributed by atoms with van der Waals surface area (Å²) in [4.78, 5) is 14.7. The summed E-state index contributed by atoms with van der Waals surface area (Å²) in [5.74, 6) is -0.973. The van der Waals surface area contributed by atoms with Crippen LogP contribution in [0.1, 0.15) is 28.9 Å². The van der Waals surface area contributed by atoms with Gasteiger partial charge in [0, 0.05) is 11.9 Å². The molecule has 88 valence electrons. The monoisotopic (exact) mass is 225 g/mol. The molecule has 3 N–H and O–H groups in total. The summed E-state index contributed by atoms with van der Waals surface area (Å²) in [6.07, 6.45) is 2.50. The second-order valence-electron chi connectivity index (χ2n) is 3.57. The van der Waals surface area contributed by atoms with Crippen LogP contribution in [0.3, 0.4) is 0 Å². The Kier molecular flexibility index (Phi) is 4.88. The molecule has 0 saturated carbocycles. The van der Waals surface area contributed by atoms with Crippen LogP contribution in [0.15, 0.2) is 18.3 Å². The molecule has 1 unspecified atom stereocenters. The lowest BCUT2D eigenvalue weighted by molar-refractivity contribution is 0.0696. The van der Waals surface area contributed by atoms with Crippen LogP contribution in [-0.2, 0) is 6.42 Å². The van der Waals surface area contributed by atoms with Gasteiger partial charge in [-0.1, -0.05) is 0 Å². The summed E-state index contributed by atoms with van der Waals surface area (Å²) in [6.45, 7) is -0.247. The van der Waals surface area contributed by atoms with E-state index in [1.807, 2.05) is 0 Å². The molecule has 0 aliphatic heterocycles. The van der Waals surface area contributed by atoms with Crippen LogP contribution in [0.2, 0.25) is 0 Å². The highest BCUT2D eigenvalue weighted by Gasteiger charge is 2.05. The van der Waals surface area contributed by atoms with E-state index in [0.29, 0.717) is 25.0 Å². The van der Waals surface area contributed by atoms with Crippen molar-refractivity contribution in [2.75, 3.05) is 6.61 Å². The van der Waals surface area contributed by atoms with Gasteiger partial charge in [-0.15, -0.1) is 0 Å². The number of aromatic nitrogens is 1. The van der Waals surface area contributed by atoms with Crippen LogP contribution >= 0.6 is 0 Å². The molecule has 0 amide bonds. The number of aromatic carboxylic acids is 1. The minimum absolute atomic E-state index is 0.215. The number of carbonyl (C=O) groups is 1. The standard InChI is InChI=1S/C11H15NO4/c13-7-10(14)3-1-2-9-6-8(11(15)16)4-5-12-9/h4-6,10,13-14H,1-3,7H2,(H,15,16). The van der Waals surface area contributed by atoms with Crippen molar-refractivity contribution in [3.63, 3.8) is 0 Å². The van der Waals surface area contributed by atoms with Gasteiger partial charge in [0.25, 0.3) is 0 Å². The van der Waals surface area contributed by atoms with Crippen LogP contribution in [0.5, 0.6) is 0 Å². The quantitative estimate of drug-likeness (QED) is 0.654. The topological polar surface area (TPSA) is 90.7 Å². The van der Waals surface area contributed by atoms with Gasteiger partial charge >= 0.3 is 5.97 Å². The molecular formula is C11H15NO4. The highest BCUT2D eigenvalue weighted by molar-refractivity contribution is 5.87. The zero-order chi connectivity index (χ0) is 12.0. The summed E-state index contributed by atoms with van der Waals surface area (Å²) >= 11 is 0. The van der Waals surface area contributed by atoms with Gasteiger partial charge in [-0.25, -0.2) is 4.79 Å². The molecule has 0 bridgehead atoms. The zero-order valence-corrected chi connectivity index (χ0v) is 8.83. The number of aliphatic hydroxyl groups is 2. The Balaban J connectivity index is 2.48. The van der Waals surface area contributed by atoms with E-state index in [-0.39, 0.29) is 12.2 Å². The average Bonchev–Trinajstić information content (AvgIpc) is 2.29. The van der Waals surface area contributed by atoms with Crippen molar-refractivity contribution in [2.24, 2.45) is 0 Å². The van der Waals surface area contributed by atoms with E-state index in [4.69, 9.17) is 15.3 Å². The summed E-state index contributed by atoms with van der Waals surface area (Å²) < 4.78 is 0. The Morgan fingerprint density at radius 3 is 2.88 bits per heavy atom. The van der Waals surface area contributed by atoms with Gasteiger partial charge in [0.2, 0.25) is 0 Å². The predicted octanol–water partition coefficient (Wildman–Crippen LogP) is 0.456. The summed E-state index contributed by atoms with van der Waals surface area (Å²) in [5, 5.41) is 26.5. The van der Waals surface area contributed by atoms with E-state index in [2.05, 4.69) is 4.98 Å². The first-order valence-electron chi connectivity index (χ1n) is 5.10. The number of rotatable bonds is 6. The Hall–Kier alpha value is -1.46. The maximum Gasteiger partial charge on any atom is 0.335 e. The number of aryl methyl sites for hydroxylation is 1. The van der Waals surface area contributed by atoms with E-state index < -0.39 is 12.1 Å². The molecule has 5 nitrogen and oxygen atoms in total. The third-order valence-corrected chi connectivity index (χ3v) is 2.24. The molecule has 0 aliphatic rings. The summed E-state index contributed by atoms with van der Waals surface area (Å²) in [6, 6.07) is 2.96. The molecule has 1 aromatic heterocycles. The summed E-state index contributed by atoms with van der Waals surface area (Å²) in [7, 11) is 0. The number of aliphatic hydroxyl groups excluding tert-OH is 2. The molecule has 16 heavy (non-hydrogen) atoms. The molecule has 1 heterocycles. The van der Waals surface area contributed by atoms with Crippen molar-refractivity contribution in [2.45, 2.75) is 25.4 Å². The number of hydrogen-bond donors (Lipinski definition) is 3. The lowest BCUT2D eigenvalue weighted by atomic mass is 10.1. The van der Waals surface area contributed by atoms with Crippen LogP contribution < -0.4 is 0 Å². The zero-order valence-electron chi connectivity index (χ0n) is 8.83. The molecule has 0 saturated heterocycles. The first-order chi connectivity index (χ1) is 7.63. The Morgan fingerprint density at radius 1 is 1.50 bits per heavy atom. The van der Waals surface area contributed by atoms with Crippen LogP contribution in [0, 0.1) is 0 Å². The van der Waals surface area contributed by atoms with Crippen molar-refractivity contribution in [3.8, 4) is 0 Å². The van der Waals surface area contributed by atoms with Gasteiger partial charge in [-0.05, 0) is 31.4 Å². The second kappa shape index (κ2) is 6.19. The fourth-order valence-electron chi connectivity index (χ4n) is 1.36. The SMILES string of the molecule is O=C(O)c1ccnc(CCCC(O)CO)c1. The van der Waals surface area contributed by atoms with Gasteiger partial charge in [-0.3, -0.25) is 4.98 Å². The predicted molar refractivity (Wildman–Crippen MR) is 57.2 cm³/mol. The van der Waals surface area contributed by atoms with Gasteiger partial charge in [-0.2, -0.15) is 0 Å². The van der Waals surface area contributed by atoms with Gasteiger partial charge in [0.1, 0.15) is 0 Å². The van der Waals surface area contributed by atoms with Gasteiger partial charge in [0.05, 0.1) is 18.3 Å². The third-order valence-electron chi connectivity index (χ3n) is 2.24. The molecule has 5 heteroatoms. The van der Waals surface area contributed by atoms with Crippen molar-refractivity contribution < 1.29 is 20.1 Å². The van der Waals surface area contributed by atoms with E-state index in [1.165, 1.54) is 18.3 Å². The molecule has 1 rings (SSSR count). The molecular weight excluding hydrogens is 210 g/mol. The molecule has 0 spiro atoms. The average molecular weight is 225 g/mol. The third kappa shape index (κ3) is 3.96. The van der Waals surface area contributed by atoms with Crippen molar-refractivity contribution in [3.05, 3.63) is 29.6 Å². The second-order valence-corrected chi connectivity index (χ2v) is 3.57. The number of carboxylic acid groups (broad SMARTS) is 1. The number of carboxylic acids is 1. The van der Waals surface area contributed by atoms with Crippen molar-refractivity contribution >= 4 is 5.97 Å². The minimum atomic E-state index is -0.973. The Bertz CT molecular complexity index is 354. The largest absolute Gasteiger partial charge is 0.478 e. The van der Waals surface area contributed by atoms with E-state index in [9.17, 15) is 4.79 Å². The van der Waals surface area contributed by atoms with Crippen LogP contribution in [0.4, 0.5) is 0 Å². The fraction of sp³-hybridized carbons (Fsp3) is 0.455. The Labute approximate surface area is 93.4 Å². The smallest absolute Gasteiger partial charge is 0.335 e. The first-order valence-corrected chi connectivity index (χ1v) is 5.10. The van der Waals surface area contributed by atoms with E-state index in [0.717, 1.165) is 0 Å². The highest BCUT2D eigenvalue weighted by Crippen LogP contribution is 2.07. The Morgan fingerprint density at radius 2 is 2.25 bits per heavy atom. The van der Waals surface area contributed by atoms with E-state index in [1.54, 1.807) is 0 Å². The number of nitrogens with zero attached hydrogens (tertiary/aromatic N) is 1. The molecule has 0 aromatic carbocycles. The lowest BCUT2D eigenvalue weighted by Crippen LogP contribution is -2.11. The fourth-order valence-corrected chi connectivity index (χ4v) is 1.36. The highest BCUT2D eigenvalue weighted by atomic mass is 16.4. The van der Waals surface area contributed by atoms with Gasteiger partial charge in [0.15, 0.2) is 0 Å². The lowest BCUT2D eigenvalue weighted by Gasteiger charge is -2.06. The molecule has 1 aromatic rings. The van der Waals surface area contributed by atoms with Crippen molar-refractivity contribution in [1.29, 1.82) is 0 Å². The maximum absolute atomic E-state index is 10.7. The van der Waals surface area contributed by atoms with Gasteiger partial charge < -0.3 is 15.3 Å². The minimum Gasteiger partial charge on any atom is -0.478 e. The summed E-state index contributed by atoms with van der Waals surface area (Å²) in [5.41, 5.74) is 0.901. The van der Waals surface area contributed by atoms with Crippen LogP contribution in [-0.4, -0.2) is 39.0 Å².